The number of pyridine rings is 1. The molecular formula is C27H20ClF4N5. The van der Waals surface area contributed by atoms with E-state index >= 15 is 0 Å². The second kappa shape index (κ2) is 9.40. The van der Waals surface area contributed by atoms with Crippen molar-refractivity contribution < 1.29 is 17.6 Å². The molecule has 0 spiro atoms. The number of benzene rings is 3. The average Bonchev–Trinajstić information content (AvgIpc) is 3.25. The number of nitrogens with two attached hydrogens (primary N) is 1. The zero-order chi connectivity index (χ0) is 26.2. The first kappa shape index (κ1) is 24.6. The number of aromatic nitrogens is 3. The van der Waals surface area contributed by atoms with E-state index in [1.54, 1.807) is 30.3 Å². The molecule has 0 radical (unpaired) electrons. The standard InChI is InChI=1S/C27H20ClF4N5/c28-19-6-9-24(34-15-19)26(14-16-4-2-1-3-5-16,17-10-18(27(30,31)32)12-20(29)11-17)37-25-35-22-8-7-21(33)13-23(22)36-25/h1-13,15H,14,33H2,(H2,35,36,37)/t26-/m1/s1. The topological polar surface area (TPSA) is 79.6 Å². The van der Waals surface area contributed by atoms with E-state index in [1.807, 2.05) is 30.3 Å². The van der Waals surface area contributed by atoms with Gasteiger partial charge in [0.05, 0.1) is 27.3 Å². The number of imidazole rings is 1. The average molecular weight is 526 g/mol. The Hall–Kier alpha value is -4.11. The first-order chi connectivity index (χ1) is 17.6. The monoisotopic (exact) mass is 525 g/mol. The quantitative estimate of drug-likeness (QED) is 0.165. The molecule has 0 aliphatic heterocycles. The van der Waals surface area contributed by atoms with Crippen molar-refractivity contribution in [2.24, 2.45) is 0 Å². The van der Waals surface area contributed by atoms with Crippen molar-refractivity contribution in [1.29, 1.82) is 0 Å². The van der Waals surface area contributed by atoms with Gasteiger partial charge in [0.1, 0.15) is 11.4 Å². The van der Waals surface area contributed by atoms with Crippen LogP contribution in [0.4, 0.5) is 29.2 Å². The highest BCUT2D eigenvalue weighted by Gasteiger charge is 2.40. The maximum atomic E-state index is 14.8. The number of anilines is 2. The van der Waals surface area contributed by atoms with Gasteiger partial charge in [0.15, 0.2) is 0 Å². The molecule has 2 aromatic heterocycles. The summed E-state index contributed by atoms with van der Waals surface area (Å²) >= 11 is 6.08. The second-order valence-electron chi connectivity index (χ2n) is 8.64. The molecule has 188 valence electrons. The molecule has 1 atom stereocenters. The van der Waals surface area contributed by atoms with E-state index in [4.69, 9.17) is 17.3 Å². The number of halogens is 5. The maximum Gasteiger partial charge on any atom is 0.416 e. The molecule has 10 heteroatoms. The van der Waals surface area contributed by atoms with Crippen LogP contribution in [0.5, 0.6) is 0 Å². The number of rotatable bonds is 6. The summed E-state index contributed by atoms with van der Waals surface area (Å²) in [5.74, 6) is -0.790. The van der Waals surface area contributed by atoms with E-state index in [9.17, 15) is 17.6 Å². The number of nitrogens with one attached hydrogen (secondary N) is 2. The van der Waals surface area contributed by atoms with Crippen LogP contribution < -0.4 is 11.1 Å². The summed E-state index contributed by atoms with van der Waals surface area (Å²) in [5.41, 5.74) is 6.12. The molecule has 0 aliphatic rings. The van der Waals surface area contributed by atoms with Crippen molar-refractivity contribution in [3.05, 3.63) is 118 Å². The van der Waals surface area contributed by atoms with Crippen molar-refractivity contribution >= 4 is 34.3 Å². The SMILES string of the molecule is Nc1ccc2nc(N[C@](Cc3ccccc3)(c3cc(F)cc(C(F)(F)F)c3)c3ccc(Cl)cn3)[nH]c2c1. The number of hydrogen-bond donors (Lipinski definition) is 3. The third kappa shape index (κ3) is 5.08. The second-order valence-corrected chi connectivity index (χ2v) is 9.08. The highest BCUT2D eigenvalue weighted by molar-refractivity contribution is 6.30. The zero-order valence-corrected chi connectivity index (χ0v) is 19.9. The Kier molecular flexibility index (Phi) is 6.25. The molecule has 2 heterocycles. The normalized spacial score (nSPS) is 13.4. The summed E-state index contributed by atoms with van der Waals surface area (Å²) in [6.07, 6.45) is -3.26. The Morgan fingerprint density at radius 3 is 2.38 bits per heavy atom. The lowest BCUT2D eigenvalue weighted by Crippen LogP contribution is -2.40. The Balaban J connectivity index is 1.77. The van der Waals surface area contributed by atoms with E-state index in [0.717, 1.165) is 17.7 Å². The minimum Gasteiger partial charge on any atom is -0.399 e. The molecule has 0 saturated carbocycles. The fourth-order valence-electron chi connectivity index (χ4n) is 4.34. The van der Waals surface area contributed by atoms with Crippen LogP contribution in [-0.2, 0) is 18.1 Å². The van der Waals surface area contributed by atoms with E-state index in [2.05, 4.69) is 20.3 Å². The van der Waals surface area contributed by atoms with Crippen LogP contribution >= 0.6 is 11.6 Å². The van der Waals surface area contributed by atoms with Gasteiger partial charge < -0.3 is 16.0 Å². The molecule has 5 aromatic rings. The molecule has 3 aromatic carbocycles. The molecule has 0 unspecified atom stereocenters. The smallest absolute Gasteiger partial charge is 0.399 e. The maximum absolute atomic E-state index is 14.8. The first-order valence-electron chi connectivity index (χ1n) is 11.2. The lowest BCUT2D eigenvalue weighted by Gasteiger charge is -2.35. The third-order valence-electron chi connectivity index (χ3n) is 6.03. The molecule has 0 amide bonds. The number of nitrogens with zero attached hydrogens (tertiary/aromatic N) is 2. The van der Waals surface area contributed by atoms with Gasteiger partial charge in [0.25, 0.3) is 0 Å². The summed E-state index contributed by atoms with van der Waals surface area (Å²) in [4.78, 5) is 12.1. The molecular weight excluding hydrogens is 506 g/mol. The fourth-order valence-corrected chi connectivity index (χ4v) is 4.45. The predicted molar refractivity (Wildman–Crippen MR) is 136 cm³/mol. The van der Waals surface area contributed by atoms with Crippen molar-refractivity contribution in [1.82, 2.24) is 15.0 Å². The number of fused-ring (bicyclic) bond motifs is 1. The van der Waals surface area contributed by atoms with E-state index < -0.39 is 23.1 Å². The summed E-state index contributed by atoms with van der Waals surface area (Å²) in [5, 5.41) is 3.60. The van der Waals surface area contributed by atoms with Gasteiger partial charge in [0.2, 0.25) is 5.95 Å². The van der Waals surface area contributed by atoms with Crippen LogP contribution in [0.15, 0.2) is 85.1 Å². The van der Waals surface area contributed by atoms with Gasteiger partial charge in [-0.15, -0.1) is 0 Å². The van der Waals surface area contributed by atoms with Gasteiger partial charge in [0, 0.05) is 18.3 Å². The van der Waals surface area contributed by atoms with Gasteiger partial charge >= 0.3 is 6.18 Å². The lowest BCUT2D eigenvalue weighted by molar-refractivity contribution is -0.137. The largest absolute Gasteiger partial charge is 0.416 e. The Bertz CT molecular complexity index is 1550. The van der Waals surface area contributed by atoms with Crippen LogP contribution in [0.2, 0.25) is 5.02 Å². The molecule has 4 N–H and O–H groups in total. The number of aromatic amines is 1. The summed E-state index contributed by atoms with van der Waals surface area (Å²) in [6, 6.07) is 19.8. The Morgan fingerprint density at radius 1 is 0.919 bits per heavy atom. The Labute approximate surface area is 214 Å². The van der Waals surface area contributed by atoms with Gasteiger partial charge in [-0.1, -0.05) is 41.9 Å². The van der Waals surface area contributed by atoms with Gasteiger partial charge in [-0.2, -0.15) is 13.2 Å². The minimum absolute atomic E-state index is 0.0125. The van der Waals surface area contributed by atoms with Crippen molar-refractivity contribution in [3.8, 4) is 0 Å². The summed E-state index contributed by atoms with van der Waals surface area (Å²) in [6.45, 7) is 0. The Morgan fingerprint density at radius 2 is 1.68 bits per heavy atom. The van der Waals surface area contributed by atoms with Gasteiger partial charge in [-0.3, -0.25) is 4.98 Å². The molecule has 0 aliphatic carbocycles. The van der Waals surface area contributed by atoms with E-state index in [-0.39, 0.29) is 17.9 Å². The molecule has 5 rings (SSSR count). The molecule has 0 bridgehead atoms. The highest BCUT2D eigenvalue weighted by Crippen LogP contribution is 2.40. The van der Waals surface area contributed by atoms with Crippen molar-refractivity contribution in [2.75, 3.05) is 11.1 Å². The third-order valence-corrected chi connectivity index (χ3v) is 6.26. The fraction of sp³-hybridized carbons (Fsp3) is 0.111. The van der Waals surface area contributed by atoms with Crippen LogP contribution in [0.3, 0.4) is 0 Å². The first-order valence-corrected chi connectivity index (χ1v) is 11.6. The van der Waals surface area contributed by atoms with Gasteiger partial charge in [-0.25, -0.2) is 9.37 Å². The van der Waals surface area contributed by atoms with Crippen molar-refractivity contribution in [2.45, 2.75) is 18.1 Å². The summed E-state index contributed by atoms with van der Waals surface area (Å²) in [7, 11) is 0. The summed E-state index contributed by atoms with van der Waals surface area (Å²) < 4.78 is 56.1. The number of hydrogen-bond acceptors (Lipinski definition) is 4. The van der Waals surface area contributed by atoms with Crippen LogP contribution in [-0.4, -0.2) is 15.0 Å². The van der Waals surface area contributed by atoms with Crippen LogP contribution in [0.1, 0.15) is 22.4 Å². The zero-order valence-electron chi connectivity index (χ0n) is 19.2. The van der Waals surface area contributed by atoms with Gasteiger partial charge in [-0.05, 0) is 59.7 Å². The van der Waals surface area contributed by atoms with E-state index in [0.29, 0.717) is 33.5 Å². The number of nitrogen functional groups attached to an aromatic ring is 1. The van der Waals surface area contributed by atoms with Crippen LogP contribution in [0, 0.1) is 5.82 Å². The highest BCUT2D eigenvalue weighted by atomic mass is 35.5. The molecule has 37 heavy (non-hydrogen) atoms. The van der Waals surface area contributed by atoms with Crippen molar-refractivity contribution in [3.63, 3.8) is 0 Å². The lowest BCUT2D eigenvalue weighted by atomic mass is 9.80. The molecule has 0 fully saturated rings. The number of H-pyrrole nitrogens is 1. The molecule has 0 saturated heterocycles. The van der Waals surface area contributed by atoms with E-state index in [1.165, 1.54) is 6.20 Å². The van der Waals surface area contributed by atoms with Crippen LogP contribution in [0.25, 0.3) is 11.0 Å². The minimum atomic E-state index is -4.76. The molecule has 5 nitrogen and oxygen atoms in total. The predicted octanol–water partition coefficient (Wildman–Crippen LogP) is 6.95. The number of alkyl halides is 3.